The van der Waals surface area contributed by atoms with Crippen molar-refractivity contribution >= 4 is 5.69 Å². The summed E-state index contributed by atoms with van der Waals surface area (Å²) >= 11 is 0. The van der Waals surface area contributed by atoms with Gasteiger partial charge < -0.3 is 14.8 Å². The first-order valence-corrected chi connectivity index (χ1v) is 4.94. The normalized spacial score (nSPS) is 12.3. The molecule has 0 aliphatic carbocycles. The Kier molecular flexibility index (Phi) is 4.37. The lowest BCUT2D eigenvalue weighted by Crippen LogP contribution is -2.18. The maximum absolute atomic E-state index is 5.20. The van der Waals surface area contributed by atoms with Gasteiger partial charge in [0.05, 0.1) is 25.1 Å². The van der Waals surface area contributed by atoms with Crippen LogP contribution in [0.15, 0.2) is 12.3 Å². The summed E-state index contributed by atoms with van der Waals surface area (Å²) < 4.78 is 10.4. The standard InChI is InChI=1S/C11H18N2O2/c1-8-5-10(11(15-4)7-12-8)13-6-9(2)14-3/h5,7,9H,6H2,1-4H3,(H,12,13). The fourth-order valence-corrected chi connectivity index (χ4v) is 1.19. The molecule has 4 heteroatoms. The van der Waals surface area contributed by atoms with Gasteiger partial charge in [-0.15, -0.1) is 0 Å². The smallest absolute Gasteiger partial charge is 0.160 e. The quantitative estimate of drug-likeness (QED) is 0.805. The highest BCUT2D eigenvalue weighted by Crippen LogP contribution is 2.23. The third kappa shape index (κ3) is 3.40. The fraction of sp³-hybridized carbons (Fsp3) is 0.545. The van der Waals surface area contributed by atoms with Crippen LogP contribution >= 0.6 is 0 Å². The third-order valence-electron chi connectivity index (χ3n) is 2.21. The lowest BCUT2D eigenvalue weighted by molar-refractivity contribution is 0.128. The van der Waals surface area contributed by atoms with E-state index in [2.05, 4.69) is 10.3 Å². The van der Waals surface area contributed by atoms with Crippen molar-refractivity contribution in [2.45, 2.75) is 20.0 Å². The summed E-state index contributed by atoms with van der Waals surface area (Å²) in [6.07, 6.45) is 1.89. The predicted molar refractivity (Wildman–Crippen MR) is 60.5 cm³/mol. The van der Waals surface area contributed by atoms with Gasteiger partial charge in [0, 0.05) is 19.3 Å². The van der Waals surface area contributed by atoms with Crippen LogP contribution in [0.4, 0.5) is 5.69 Å². The van der Waals surface area contributed by atoms with E-state index in [0.717, 1.165) is 23.7 Å². The van der Waals surface area contributed by atoms with Gasteiger partial charge in [0.15, 0.2) is 5.75 Å². The van der Waals surface area contributed by atoms with Crippen LogP contribution in [0.2, 0.25) is 0 Å². The summed E-state index contributed by atoms with van der Waals surface area (Å²) in [7, 11) is 3.33. The minimum absolute atomic E-state index is 0.170. The number of pyridine rings is 1. The van der Waals surface area contributed by atoms with Crippen LogP contribution in [-0.4, -0.2) is 31.9 Å². The Balaban J connectivity index is 2.69. The molecule has 1 unspecified atom stereocenters. The Morgan fingerprint density at radius 1 is 1.47 bits per heavy atom. The van der Waals surface area contributed by atoms with Gasteiger partial charge in [0.2, 0.25) is 0 Å². The molecule has 1 heterocycles. The molecule has 15 heavy (non-hydrogen) atoms. The number of nitrogens with zero attached hydrogens (tertiary/aromatic N) is 1. The minimum Gasteiger partial charge on any atom is -0.493 e. The summed E-state index contributed by atoms with van der Waals surface area (Å²) in [5.74, 6) is 0.754. The topological polar surface area (TPSA) is 43.4 Å². The molecule has 0 aliphatic heterocycles. The Morgan fingerprint density at radius 3 is 2.80 bits per heavy atom. The zero-order valence-electron chi connectivity index (χ0n) is 9.70. The number of ether oxygens (including phenoxy) is 2. The number of aromatic nitrogens is 1. The maximum Gasteiger partial charge on any atom is 0.160 e. The van der Waals surface area contributed by atoms with Gasteiger partial charge in [0.25, 0.3) is 0 Å². The lowest BCUT2D eigenvalue weighted by atomic mass is 10.3. The molecule has 84 valence electrons. The Bertz CT molecular complexity index is 315. The van der Waals surface area contributed by atoms with E-state index in [4.69, 9.17) is 9.47 Å². The molecular formula is C11H18N2O2. The molecule has 1 atom stereocenters. The number of methoxy groups -OCH3 is 2. The van der Waals surface area contributed by atoms with Gasteiger partial charge in [0.1, 0.15) is 0 Å². The molecule has 1 N–H and O–H groups in total. The van der Waals surface area contributed by atoms with E-state index in [1.165, 1.54) is 0 Å². The van der Waals surface area contributed by atoms with Crippen LogP contribution in [0.25, 0.3) is 0 Å². The fourth-order valence-electron chi connectivity index (χ4n) is 1.19. The highest BCUT2D eigenvalue weighted by Gasteiger charge is 2.05. The van der Waals surface area contributed by atoms with Gasteiger partial charge in [-0.1, -0.05) is 0 Å². The van der Waals surface area contributed by atoms with Crippen molar-refractivity contribution in [2.24, 2.45) is 0 Å². The van der Waals surface area contributed by atoms with Gasteiger partial charge in [-0.2, -0.15) is 0 Å². The van der Waals surface area contributed by atoms with Crippen LogP contribution in [0, 0.1) is 6.92 Å². The first-order chi connectivity index (χ1) is 7.17. The van der Waals surface area contributed by atoms with E-state index in [1.54, 1.807) is 20.4 Å². The van der Waals surface area contributed by atoms with E-state index >= 15 is 0 Å². The largest absolute Gasteiger partial charge is 0.493 e. The van der Waals surface area contributed by atoms with Crippen LogP contribution in [0.1, 0.15) is 12.6 Å². The van der Waals surface area contributed by atoms with Gasteiger partial charge in [-0.25, -0.2) is 0 Å². The first kappa shape index (κ1) is 11.8. The monoisotopic (exact) mass is 210 g/mol. The van der Waals surface area contributed by atoms with E-state index in [-0.39, 0.29) is 6.10 Å². The van der Waals surface area contributed by atoms with Crippen LogP contribution < -0.4 is 10.1 Å². The second-order valence-corrected chi connectivity index (χ2v) is 3.45. The van der Waals surface area contributed by atoms with Crippen LogP contribution in [0.3, 0.4) is 0 Å². The molecule has 0 radical (unpaired) electrons. The number of anilines is 1. The highest BCUT2D eigenvalue weighted by molar-refractivity contribution is 5.55. The van der Waals surface area contributed by atoms with E-state index in [9.17, 15) is 0 Å². The van der Waals surface area contributed by atoms with Crippen molar-refractivity contribution in [3.8, 4) is 5.75 Å². The van der Waals surface area contributed by atoms with Crippen molar-refractivity contribution < 1.29 is 9.47 Å². The molecule has 0 fully saturated rings. The Labute approximate surface area is 90.6 Å². The average Bonchev–Trinajstić information content (AvgIpc) is 2.26. The predicted octanol–water partition coefficient (Wildman–Crippen LogP) is 1.85. The summed E-state index contributed by atoms with van der Waals surface area (Å²) in [6, 6.07) is 1.96. The SMILES string of the molecule is COc1cnc(C)cc1NCC(C)OC. The molecule has 0 amide bonds. The second-order valence-electron chi connectivity index (χ2n) is 3.45. The minimum atomic E-state index is 0.170. The third-order valence-corrected chi connectivity index (χ3v) is 2.21. The van der Waals surface area contributed by atoms with Crippen molar-refractivity contribution in [3.63, 3.8) is 0 Å². The average molecular weight is 210 g/mol. The van der Waals surface area contributed by atoms with Gasteiger partial charge in [-0.05, 0) is 19.9 Å². The summed E-state index contributed by atoms with van der Waals surface area (Å²) in [5.41, 5.74) is 1.91. The van der Waals surface area contributed by atoms with Gasteiger partial charge in [-0.3, -0.25) is 4.98 Å². The first-order valence-electron chi connectivity index (χ1n) is 4.94. The molecule has 0 aliphatic rings. The second kappa shape index (κ2) is 5.56. The van der Waals surface area contributed by atoms with E-state index in [1.807, 2.05) is 19.9 Å². The van der Waals surface area contributed by atoms with Crippen molar-refractivity contribution in [1.29, 1.82) is 0 Å². The number of hydrogen-bond acceptors (Lipinski definition) is 4. The molecule has 1 aromatic heterocycles. The van der Waals surface area contributed by atoms with Crippen molar-refractivity contribution in [2.75, 3.05) is 26.1 Å². The molecule has 0 saturated heterocycles. The molecule has 0 aromatic carbocycles. The highest BCUT2D eigenvalue weighted by atomic mass is 16.5. The summed E-state index contributed by atoms with van der Waals surface area (Å²) in [4.78, 5) is 4.16. The van der Waals surface area contributed by atoms with Crippen LogP contribution in [-0.2, 0) is 4.74 Å². The number of hydrogen-bond donors (Lipinski definition) is 1. The molecule has 0 saturated carbocycles. The summed E-state index contributed by atoms with van der Waals surface area (Å²) in [6.45, 7) is 4.70. The molecular weight excluding hydrogens is 192 g/mol. The molecule has 1 aromatic rings. The molecule has 0 spiro atoms. The molecule has 0 bridgehead atoms. The van der Waals surface area contributed by atoms with E-state index in [0.29, 0.717) is 0 Å². The number of aryl methyl sites for hydroxylation is 1. The Hall–Kier alpha value is -1.29. The number of rotatable bonds is 5. The number of nitrogens with one attached hydrogen (secondary N) is 1. The van der Waals surface area contributed by atoms with E-state index < -0.39 is 0 Å². The maximum atomic E-state index is 5.20. The zero-order valence-corrected chi connectivity index (χ0v) is 9.70. The van der Waals surface area contributed by atoms with Crippen LogP contribution in [0.5, 0.6) is 5.75 Å². The molecule has 4 nitrogen and oxygen atoms in total. The molecule has 1 rings (SSSR count). The van der Waals surface area contributed by atoms with Gasteiger partial charge >= 0.3 is 0 Å². The Morgan fingerprint density at radius 2 is 2.20 bits per heavy atom. The van der Waals surface area contributed by atoms with Crippen molar-refractivity contribution in [3.05, 3.63) is 18.0 Å². The summed E-state index contributed by atoms with van der Waals surface area (Å²) in [5, 5.41) is 3.27. The zero-order chi connectivity index (χ0) is 11.3. The lowest BCUT2D eigenvalue weighted by Gasteiger charge is -2.14. The van der Waals surface area contributed by atoms with Crippen molar-refractivity contribution in [1.82, 2.24) is 4.98 Å².